The van der Waals surface area contributed by atoms with Crippen LogP contribution < -0.4 is 0 Å². The predicted molar refractivity (Wildman–Crippen MR) is 93.8 cm³/mol. The molecule has 2 atom stereocenters. The van der Waals surface area contributed by atoms with Gasteiger partial charge in [0.15, 0.2) is 11.1 Å². The van der Waals surface area contributed by atoms with E-state index < -0.39 is 29.0 Å². The maximum absolute atomic E-state index is 10.5. The molecule has 0 fully saturated rings. The molecular formula is C17H26N4O6. The minimum atomic E-state index is -1.35. The van der Waals surface area contributed by atoms with Crippen LogP contribution in [0.4, 0.5) is 0 Å². The molecule has 0 amide bonds. The van der Waals surface area contributed by atoms with Crippen molar-refractivity contribution in [2.24, 2.45) is 10.2 Å². The summed E-state index contributed by atoms with van der Waals surface area (Å²) in [5.41, 5.74) is -2.69. The van der Waals surface area contributed by atoms with E-state index in [1.807, 2.05) is 19.1 Å². The molecule has 0 aromatic heterocycles. The van der Waals surface area contributed by atoms with E-state index in [9.17, 15) is 14.4 Å². The Morgan fingerprint density at radius 2 is 1.15 bits per heavy atom. The van der Waals surface area contributed by atoms with Gasteiger partial charge in [-0.2, -0.15) is 20.8 Å². The molecule has 0 heterocycles. The van der Waals surface area contributed by atoms with Gasteiger partial charge >= 0.3 is 17.9 Å². The lowest BCUT2D eigenvalue weighted by atomic mass is 9.97. The molecule has 0 aliphatic carbocycles. The highest BCUT2D eigenvalue weighted by atomic mass is 16.4. The average Bonchev–Trinajstić information content (AvgIpc) is 2.62. The lowest BCUT2D eigenvalue weighted by molar-refractivity contribution is -0.138. The first kappa shape index (κ1) is 26.2. The van der Waals surface area contributed by atoms with Gasteiger partial charge in [-0.1, -0.05) is 13.3 Å². The summed E-state index contributed by atoms with van der Waals surface area (Å²) in [5.74, 6) is -2.81. The Morgan fingerprint density at radius 3 is 1.33 bits per heavy atom. The summed E-state index contributed by atoms with van der Waals surface area (Å²) < 4.78 is 0. The molecule has 3 N–H and O–H groups in total. The fraction of sp³-hybridized carbons (Fsp3) is 0.706. The largest absolute Gasteiger partial charge is 0.481 e. The molecule has 2 unspecified atom stereocenters. The Balaban J connectivity index is 0. The fourth-order valence-electron chi connectivity index (χ4n) is 1.51. The number of aliphatic carboxylic acids is 3. The first-order valence-corrected chi connectivity index (χ1v) is 8.35. The van der Waals surface area contributed by atoms with Gasteiger partial charge in [-0.25, -0.2) is 0 Å². The molecule has 27 heavy (non-hydrogen) atoms. The Kier molecular flexibility index (Phi) is 12.8. The van der Waals surface area contributed by atoms with Crippen molar-refractivity contribution in [3.8, 4) is 12.1 Å². The monoisotopic (exact) mass is 382 g/mol. The van der Waals surface area contributed by atoms with Crippen LogP contribution in [0.1, 0.15) is 65.7 Å². The van der Waals surface area contributed by atoms with Crippen molar-refractivity contribution < 1.29 is 29.7 Å². The number of carboxylic acids is 3. The minimum Gasteiger partial charge on any atom is -0.481 e. The number of rotatable bonds is 11. The third-order valence-corrected chi connectivity index (χ3v) is 3.37. The third kappa shape index (κ3) is 15.0. The molecule has 0 saturated carbocycles. The highest BCUT2D eigenvalue weighted by molar-refractivity contribution is 5.67. The van der Waals surface area contributed by atoms with Gasteiger partial charge < -0.3 is 15.3 Å². The van der Waals surface area contributed by atoms with Gasteiger partial charge in [0.05, 0.1) is 12.1 Å². The van der Waals surface area contributed by atoms with E-state index in [0.29, 0.717) is 6.42 Å². The van der Waals surface area contributed by atoms with Crippen molar-refractivity contribution in [1.82, 2.24) is 0 Å². The summed E-state index contributed by atoms with van der Waals surface area (Å²) in [7, 11) is 0. The van der Waals surface area contributed by atoms with Crippen LogP contribution in [0, 0.1) is 22.7 Å². The normalized spacial score (nSPS) is 14.6. The van der Waals surface area contributed by atoms with Crippen LogP contribution in [0.15, 0.2) is 10.2 Å². The van der Waals surface area contributed by atoms with E-state index in [1.165, 1.54) is 13.8 Å². The Hall–Kier alpha value is -3.01. The molecule has 10 heteroatoms. The molecule has 10 nitrogen and oxygen atoms in total. The van der Waals surface area contributed by atoms with E-state index in [1.54, 1.807) is 0 Å². The van der Waals surface area contributed by atoms with Crippen LogP contribution in [-0.2, 0) is 14.4 Å². The summed E-state index contributed by atoms with van der Waals surface area (Å²) in [4.78, 5) is 30.8. The molecule has 0 radical (unpaired) electrons. The van der Waals surface area contributed by atoms with Crippen molar-refractivity contribution in [3.63, 3.8) is 0 Å². The number of carbonyl (C=O) groups is 3. The second-order valence-electron chi connectivity index (χ2n) is 6.26. The number of azo groups is 1. The first-order valence-electron chi connectivity index (χ1n) is 8.35. The second-order valence-corrected chi connectivity index (χ2v) is 6.26. The number of carboxylic acid groups (broad SMARTS) is 3. The SMILES string of the molecule is CC(C#N)(CCC(=O)O)N=NC(C)(C#N)CCC(=O)O.CCCCC(=O)O. The topological polar surface area (TPSA) is 184 Å². The van der Waals surface area contributed by atoms with Gasteiger partial charge in [-0.05, 0) is 33.1 Å². The maximum Gasteiger partial charge on any atom is 0.303 e. The van der Waals surface area contributed by atoms with Gasteiger partial charge in [-0.15, -0.1) is 0 Å². The minimum absolute atomic E-state index is 0.0389. The zero-order valence-corrected chi connectivity index (χ0v) is 15.8. The van der Waals surface area contributed by atoms with Crippen LogP contribution in [0.5, 0.6) is 0 Å². The Morgan fingerprint density at radius 1 is 0.815 bits per heavy atom. The van der Waals surface area contributed by atoms with Crippen LogP contribution >= 0.6 is 0 Å². The average molecular weight is 382 g/mol. The molecule has 0 aromatic carbocycles. The summed E-state index contributed by atoms with van der Waals surface area (Å²) in [6, 6.07) is 3.69. The number of nitrogens with zero attached hydrogens (tertiary/aromatic N) is 4. The van der Waals surface area contributed by atoms with E-state index in [0.717, 1.165) is 12.8 Å². The van der Waals surface area contributed by atoms with Crippen LogP contribution in [0.2, 0.25) is 0 Å². The van der Waals surface area contributed by atoms with Gasteiger partial charge in [0.2, 0.25) is 0 Å². The lowest BCUT2D eigenvalue weighted by Gasteiger charge is -2.18. The van der Waals surface area contributed by atoms with E-state index in [2.05, 4.69) is 10.2 Å². The molecule has 150 valence electrons. The number of hydrogen-bond donors (Lipinski definition) is 3. The summed E-state index contributed by atoms with van der Waals surface area (Å²) >= 11 is 0. The van der Waals surface area contributed by atoms with Gasteiger partial charge in [-0.3, -0.25) is 14.4 Å². The lowest BCUT2D eigenvalue weighted by Crippen LogP contribution is -2.25. The van der Waals surface area contributed by atoms with Crippen LogP contribution in [0.25, 0.3) is 0 Å². The maximum atomic E-state index is 10.5. The number of hydrogen-bond acceptors (Lipinski definition) is 7. The summed E-state index contributed by atoms with van der Waals surface area (Å²) in [5, 5.41) is 50.8. The van der Waals surface area contributed by atoms with Gasteiger partial charge in [0.25, 0.3) is 0 Å². The Labute approximate surface area is 158 Å². The van der Waals surface area contributed by atoms with Crippen molar-refractivity contribution in [2.45, 2.75) is 76.8 Å². The molecular weight excluding hydrogens is 356 g/mol. The third-order valence-electron chi connectivity index (χ3n) is 3.37. The fourth-order valence-corrected chi connectivity index (χ4v) is 1.51. The molecule has 0 aliphatic heterocycles. The van der Waals surface area contributed by atoms with E-state index in [-0.39, 0.29) is 25.7 Å². The Bertz CT molecular complexity index is 578. The van der Waals surface area contributed by atoms with Gasteiger partial charge in [0.1, 0.15) is 0 Å². The van der Waals surface area contributed by atoms with Crippen LogP contribution in [0.3, 0.4) is 0 Å². The van der Waals surface area contributed by atoms with E-state index in [4.69, 9.17) is 25.8 Å². The van der Waals surface area contributed by atoms with Crippen molar-refractivity contribution >= 4 is 17.9 Å². The number of nitriles is 2. The van der Waals surface area contributed by atoms with Crippen molar-refractivity contribution in [1.29, 1.82) is 10.5 Å². The molecule has 0 spiro atoms. The molecule has 0 saturated heterocycles. The van der Waals surface area contributed by atoms with Crippen molar-refractivity contribution in [2.75, 3.05) is 0 Å². The summed E-state index contributed by atoms with van der Waals surface area (Å²) in [6.45, 7) is 4.80. The molecule has 0 aliphatic rings. The highest BCUT2D eigenvalue weighted by Gasteiger charge is 2.29. The molecule has 0 rings (SSSR count). The number of unbranched alkanes of at least 4 members (excludes halogenated alkanes) is 1. The molecule has 0 aromatic rings. The van der Waals surface area contributed by atoms with E-state index >= 15 is 0 Å². The first-order chi connectivity index (χ1) is 12.4. The quantitative estimate of drug-likeness (QED) is 0.455. The smallest absolute Gasteiger partial charge is 0.303 e. The predicted octanol–water partition coefficient (Wildman–Crippen LogP) is 2.99. The second kappa shape index (κ2) is 13.2. The standard InChI is InChI=1S/C12H16N4O4.C5H10O2/c1-11(7-13,5-3-9(17)18)15-16-12(2,8-14)6-4-10(19)20;1-2-3-4-5(6)7/h3-6H2,1-2H3,(H,17,18)(H,19,20);2-4H2,1H3,(H,6,7). The summed E-state index contributed by atoms with van der Waals surface area (Å²) in [6.07, 6.45) is 1.51. The van der Waals surface area contributed by atoms with Crippen molar-refractivity contribution in [3.05, 3.63) is 0 Å². The highest BCUT2D eigenvalue weighted by Crippen LogP contribution is 2.23. The van der Waals surface area contributed by atoms with Crippen LogP contribution in [-0.4, -0.2) is 44.3 Å². The van der Waals surface area contributed by atoms with Gasteiger partial charge in [0, 0.05) is 19.3 Å². The molecule has 0 bridgehead atoms. The zero-order valence-electron chi connectivity index (χ0n) is 15.8. The zero-order chi connectivity index (χ0) is 21.5.